The van der Waals surface area contributed by atoms with Gasteiger partial charge in [0.1, 0.15) is 0 Å². The molecular formula is C18H29N5O2. The van der Waals surface area contributed by atoms with Gasteiger partial charge in [-0.25, -0.2) is 0 Å². The number of hydrogen-bond donors (Lipinski definition) is 1. The average Bonchev–Trinajstić information content (AvgIpc) is 3.04. The number of aryl methyl sites for hydroxylation is 1. The molecule has 1 fully saturated rings. The summed E-state index contributed by atoms with van der Waals surface area (Å²) in [5, 5.41) is 7.02. The zero-order valence-corrected chi connectivity index (χ0v) is 15.3. The number of nitrogens with zero attached hydrogens (tertiary/aromatic N) is 4. The van der Waals surface area contributed by atoms with Gasteiger partial charge in [-0.1, -0.05) is 17.7 Å². The Kier molecular flexibility index (Phi) is 6.20. The summed E-state index contributed by atoms with van der Waals surface area (Å²) in [4.78, 5) is 21.0. The minimum Gasteiger partial charge on any atom is -0.354 e. The van der Waals surface area contributed by atoms with Crippen LogP contribution in [0, 0.1) is 6.92 Å². The van der Waals surface area contributed by atoms with Crippen molar-refractivity contribution in [2.24, 2.45) is 0 Å². The minimum atomic E-state index is 0.108. The molecule has 1 unspecified atom stereocenters. The van der Waals surface area contributed by atoms with E-state index in [1.54, 1.807) is 6.92 Å². The number of amides is 1. The summed E-state index contributed by atoms with van der Waals surface area (Å²) in [5.41, 5.74) is 1.10. The fraction of sp³-hybridized carbons (Fsp3) is 0.722. The Labute approximate surface area is 149 Å². The van der Waals surface area contributed by atoms with Crippen LogP contribution >= 0.6 is 0 Å². The van der Waals surface area contributed by atoms with Crippen molar-refractivity contribution in [1.29, 1.82) is 0 Å². The summed E-state index contributed by atoms with van der Waals surface area (Å²) in [6.45, 7) is 8.96. The molecule has 3 heterocycles. The van der Waals surface area contributed by atoms with Crippen LogP contribution in [0.3, 0.4) is 0 Å². The zero-order chi connectivity index (χ0) is 17.6. The third-order valence-corrected chi connectivity index (χ3v) is 5.14. The van der Waals surface area contributed by atoms with Gasteiger partial charge in [0, 0.05) is 39.1 Å². The Hall–Kier alpha value is -1.73. The van der Waals surface area contributed by atoms with E-state index in [4.69, 9.17) is 4.52 Å². The lowest BCUT2D eigenvalue weighted by molar-refractivity contribution is -0.122. The summed E-state index contributed by atoms with van der Waals surface area (Å²) in [6, 6.07) is 0.644. The monoisotopic (exact) mass is 347 g/mol. The molecule has 1 saturated heterocycles. The second kappa shape index (κ2) is 8.58. The van der Waals surface area contributed by atoms with Crippen LogP contribution < -0.4 is 5.32 Å². The second-order valence-corrected chi connectivity index (χ2v) is 7.08. The molecule has 1 N–H and O–H groups in total. The van der Waals surface area contributed by atoms with E-state index in [2.05, 4.69) is 38.3 Å². The topological polar surface area (TPSA) is 74.5 Å². The first-order chi connectivity index (χ1) is 12.1. The molecule has 0 spiro atoms. The van der Waals surface area contributed by atoms with Crippen molar-refractivity contribution in [1.82, 2.24) is 25.3 Å². The van der Waals surface area contributed by atoms with E-state index in [1.807, 2.05) is 0 Å². The van der Waals surface area contributed by atoms with Gasteiger partial charge in [0.15, 0.2) is 5.82 Å². The maximum absolute atomic E-state index is 12.2. The molecule has 0 bridgehead atoms. The first kappa shape index (κ1) is 18.1. The van der Waals surface area contributed by atoms with Crippen LogP contribution in [0.5, 0.6) is 0 Å². The molecule has 25 heavy (non-hydrogen) atoms. The highest BCUT2D eigenvalue weighted by Gasteiger charge is 2.20. The first-order valence-electron chi connectivity index (χ1n) is 9.34. The van der Waals surface area contributed by atoms with E-state index in [1.165, 1.54) is 19.3 Å². The van der Waals surface area contributed by atoms with Gasteiger partial charge in [-0.15, -0.1) is 0 Å². The Bertz CT molecular complexity index is 612. The number of carbonyl (C=O) groups is 1. The number of hydrogen-bond acceptors (Lipinski definition) is 6. The molecule has 0 saturated carbocycles. The van der Waals surface area contributed by atoms with Crippen molar-refractivity contribution in [3.05, 3.63) is 17.8 Å². The van der Waals surface area contributed by atoms with Gasteiger partial charge in [-0.2, -0.15) is 4.98 Å². The maximum Gasteiger partial charge on any atom is 0.234 e. The Morgan fingerprint density at radius 1 is 1.40 bits per heavy atom. The van der Waals surface area contributed by atoms with E-state index >= 15 is 0 Å². The van der Waals surface area contributed by atoms with Gasteiger partial charge < -0.3 is 9.84 Å². The molecular weight excluding hydrogens is 318 g/mol. The first-order valence-corrected chi connectivity index (χ1v) is 9.34. The number of rotatable bonds is 6. The van der Waals surface area contributed by atoms with E-state index in [-0.39, 0.29) is 5.91 Å². The number of carbonyl (C=O) groups excluding carboxylic acids is 1. The van der Waals surface area contributed by atoms with Gasteiger partial charge >= 0.3 is 0 Å². The highest BCUT2D eigenvalue weighted by molar-refractivity contribution is 5.78. The Morgan fingerprint density at radius 3 is 2.96 bits per heavy atom. The molecule has 7 nitrogen and oxygen atoms in total. The van der Waals surface area contributed by atoms with Gasteiger partial charge in [0.2, 0.25) is 11.8 Å². The van der Waals surface area contributed by atoms with Gasteiger partial charge in [0.25, 0.3) is 0 Å². The van der Waals surface area contributed by atoms with Crippen LogP contribution in [0.15, 0.2) is 10.6 Å². The lowest BCUT2D eigenvalue weighted by Gasteiger charge is -2.33. The van der Waals surface area contributed by atoms with Crippen LogP contribution in [-0.2, 0) is 4.79 Å². The minimum absolute atomic E-state index is 0.108. The van der Waals surface area contributed by atoms with Crippen molar-refractivity contribution in [2.75, 3.05) is 39.3 Å². The summed E-state index contributed by atoms with van der Waals surface area (Å²) < 4.78 is 5.03. The summed E-state index contributed by atoms with van der Waals surface area (Å²) >= 11 is 0. The summed E-state index contributed by atoms with van der Waals surface area (Å²) in [6.07, 6.45) is 6.82. The molecule has 2 aliphatic heterocycles. The Morgan fingerprint density at radius 2 is 2.28 bits per heavy atom. The molecule has 138 valence electrons. The molecule has 0 aliphatic carbocycles. The standard InChI is InChI=1S/C18H29N5O2/c1-14-5-3-4-9-23(14)12-8-19-17(24)13-22-10-6-16(7-11-22)18-20-15(2)25-21-18/h6,14H,3-5,7-13H2,1-2H3,(H,19,24). The number of piperidine rings is 1. The smallest absolute Gasteiger partial charge is 0.234 e. The molecule has 1 atom stereocenters. The normalized spacial score (nSPS) is 22.6. The van der Waals surface area contributed by atoms with Crippen molar-refractivity contribution >= 4 is 11.5 Å². The van der Waals surface area contributed by atoms with Gasteiger partial charge in [-0.3, -0.25) is 14.6 Å². The van der Waals surface area contributed by atoms with Gasteiger partial charge in [0.05, 0.1) is 6.54 Å². The lowest BCUT2D eigenvalue weighted by Crippen LogP contribution is -2.44. The fourth-order valence-electron chi connectivity index (χ4n) is 3.58. The van der Waals surface area contributed by atoms with Crippen molar-refractivity contribution in [3.63, 3.8) is 0 Å². The number of likely N-dealkylation sites (tertiary alicyclic amines) is 1. The quantitative estimate of drug-likeness (QED) is 0.840. The summed E-state index contributed by atoms with van der Waals surface area (Å²) in [5.74, 6) is 1.37. The molecule has 1 amide bonds. The van der Waals surface area contributed by atoms with Gasteiger partial charge in [-0.05, 0) is 38.3 Å². The van der Waals surface area contributed by atoms with E-state index in [9.17, 15) is 4.79 Å². The third kappa shape index (κ3) is 5.12. The van der Waals surface area contributed by atoms with Crippen LogP contribution in [0.25, 0.3) is 5.57 Å². The highest BCUT2D eigenvalue weighted by atomic mass is 16.5. The number of aromatic nitrogens is 2. The lowest BCUT2D eigenvalue weighted by atomic mass is 10.0. The van der Waals surface area contributed by atoms with Crippen molar-refractivity contribution < 1.29 is 9.32 Å². The fourth-order valence-corrected chi connectivity index (χ4v) is 3.58. The molecule has 1 aromatic rings. The molecule has 0 aromatic carbocycles. The van der Waals surface area contributed by atoms with Crippen LogP contribution in [0.4, 0.5) is 0 Å². The molecule has 7 heteroatoms. The molecule has 0 radical (unpaired) electrons. The largest absolute Gasteiger partial charge is 0.354 e. The average molecular weight is 347 g/mol. The van der Waals surface area contributed by atoms with Crippen LogP contribution in [-0.4, -0.2) is 71.2 Å². The molecule has 2 aliphatic rings. The van der Waals surface area contributed by atoms with E-state index in [0.29, 0.717) is 24.3 Å². The highest BCUT2D eigenvalue weighted by Crippen LogP contribution is 2.19. The third-order valence-electron chi connectivity index (χ3n) is 5.14. The van der Waals surface area contributed by atoms with Crippen molar-refractivity contribution in [3.8, 4) is 0 Å². The van der Waals surface area contributed by atoms with Crippen LogP contribution in [0.1, 0.15) is 44.3 Å². The van der Waals surface area contributed by atoms with E-state index in [0.717, 1.165) is 44.7 Å². The van der Waals surface area contributed by atoms with E-state index < -0.39 is 0 Å². The van der Waals surface area contributed by atoms with Crippen molar-refractivity contribution in [2.45, 2.75) is 45.6 Å². The molecule has 3 rings (SSSR count). The predicted molar refractivity (Wildman–Crippen MR) is 96.0 cm³/mol. The maximum atomic E-state index is 12.2. The van der Waals surface area contributed by atoms with Crippen LogP contribution in [0.2, 0.25) is 0 Å². The summed E-state index contributed by atoms with van der Waals surface area (Å²) in [7, 11) is 0. The number of nitrogens with one attached hydrogen (secondary N) is 1. The zero-order valence-electron chi connectivity index (χ0n) is 15.3. The SMILES string of the molecule is Cc1nc(C2=CCN(CC(=O)NCCN3CCCCC3C)CC2)no1. The second-order valence-electron chi connectivity index (χ2n) is 7.08. The predicted octanol–water partition coefficient (Wildman–Crippen LogP) is 1.46. The molecule has 1 aromatic heterocycles. The Balaban J connectivity index is 1.37.